The van der Waals surface area contributed by atoms with Crippen molar-refractivity contribution in [1.82, 2.24) is 41.7 Å². The summed E-state index contributed by atoms with van der Waals surface area (Å²) >= 11 is 0. The van der Waals surface area contributed by atoms with E-state index in [0.717, 1.165) is 9.80 Å². The molecule has 0 saturated carbocycles. The minimum absolute atomic E-state index is 0.0170. The second-order valence-corrected chi connectivity index (χ2v) is 16.1. The van der Waals surface area contributed by atoms with Crippen molar-refractivity contribution >= 4 is 59.2 Å². The maximum atomic E-state index is 13.9. The molecule has 348 valence electrons. The Morgan fingerprint density at radius 3 is 1.76 bits per heavy atom. The highest BCUT2D eigenvalue weighted by molar-refractivity contribution is 5.98. The Balaban J connectivity index is 1.67. The molecule has 2 fully saturated rings. The molecule has 0 bridgehead atoms. The highest BCUT2D eigenvalue weighted by Gasteiger charge is 2.42. The number of hydrogen-bond donors (Lipinski definition) is 11. The first-order valence-corrected chi connectivity index (χ1v) is 20.6. The van der Waals surface area contributed by atoms with Crippen molar-refractivity contribution in [1.29, 1.82) is 0 Å². The number of phenolic OH excluding ortho intramolecular Hbond substituents is 1. The first-order valence-electron chi connectivity index (χ1n) is 20.6. The van der Waals surface area contributed by atoms with E-state index >= 15 is 0 Å². The van der Waals surface area contributed by atoms with Crippen molar-refractivity contribution in [3.63, 3.8) is 0 Å². The van der Waals surface area contributed by atoms with Crippen LogP contribution in [0.15, 0.2) is 24.3 Å². The molecule has 8 atom stereocenters. The monoisotopic (exact) mass is 889 g/mol. The molecule has 2 saturated heterocycles. The van der Waals surface area contributed by atoms with E-state index in [0.29, 0.717) is 18.4 Å². The van der Waals surface area contributed by atoms with Crippen LogP contribution in [-0.4, -0.2) is 164 Å². The van der Waals surface area contributed by atoms with Gasteiger partial charge in [0, 0.05) is 19.5 Å². The van der Waals surface area contributed by atoms with E-state index in [-0.39, 0.29) is 50.4 Å². The Hall–Kier alpha value is -6.36. The molecule has 12 N–H and O–H groups in total. The third kappa shape index (κ3) is 15.5. The molecule has 0 spiro atoms. The number of nitrogens with zero attached hydrogens (tertiary/aromatic N) is 2. The van der Waals surface area contributed by atoms with Crippen LogP contribution in [0.1, 0.15) is 71.8 Å². The number of carboxylic acid groups (broad SMARTS) is 2. The summed E-state index contributed by atoms with van der Waals surface area (Å²) < 4.78 is 0. The second-order valence-electron chi connectivity index (χ2n) is 16.1. The van der Waals surface area contributed by atoms with Gasteiger partial charge in [0.1, 0.15) is 42.0 Å². The van der Waals surface area contributed by atoms with Gasteiger partial charge in [-0.25, -0.2) is 4.79 Å². The van der Waals surface area contributed by atoms with Gasteiger partial charge in [-0.1, -0.05) is 26.0 Å². The summed E-state index contributed by atoms with van der Waals surface area (Å²) in [6.07, 6.45) is -1.43. The fourth-order valence-corrected chi connectivity index (χ4v) is 7.15. The summed E-state index contributed by atoms with van der Waals surface area (Å²) in [5.74, 6) is -9.45. The van der Waals surface area contributed by atoms with Crippen LogP contribution in [0.4, 0.5) is 0 Å². The number of aliphatic carboxylic acids is 2. The number of benzene rings is 1. The number of nitrogens with one attached hydrogen (secondary N) is 6. The van der Waals surface area contributed by atoms with Gasteiger partial charge in [0.25, 0.3) is 0 Å². The number of rotatable bonds is 22. The van der Waals surface area contributed by atoms with Crippen molar-refractivity contribution in [2.24, 2.45) is 11.7 Å². The molecule has 1 aromatic carbocycles. The van der Waals surface area contributed by atoms with Crippen molar-refractivity contribution in [3.8, 4) is 5.75 Å². The number of phenols is 1. The summed E-state index contributed by atoms with van der Waals surface area (Å²) in [5.41, 5.74) is 5.99. The van der Waals surface area contributed by atoms with E-state index in [1.165, 1.54) is 38.1 Å². The molecule has 23 nitrogen and oxygen atoms in total. The summed E-state index contributed by atoms with van der Waals surface area (Å²) in [7, 11) is 0. The topological polar surface area (TPSA) is 356 Å². The van der Waals surface area contributed by atoms with E-state index in [9.17, 15) is 68.4 Å². The number of aliphatic hydroxyl groups is 1. The molecule has 0 aliphatic carbocycles. The number of carbonyl (C=O) groups excluding carboxylic acids is 8. The van der Waals surface area contributed by atoms with Gasteiger partial charge in [-0.2, -0.15) is 0 Å². The van der Waals surface area contributed by atoms with Crippen LogP contribution in [0, 0.1) is 5.92 Å². The predicted molar refractivity (Wildman–Crippen MR) is 220 cm³/mol. The third-order valence-corrected chi connectivity index (χ3v) is 10.3. The molecule has 0 radical (unpaired) electrons. The minimum atomic E-state index is -1.61. The zero-order valence-corrected chi connectivity index (χ0v) is 35.6. The molecule has 2 heterocycles. The first kappa shape index (κ1) is 51.0. The highest BCUT2D eigenvalue weighted by Crippen LogP contribution is 2.22. The Bertz CT molecular complexity index is 1860. The van der Waals surface area contributed by atoms with Crippen LogP contribution in [-0.2, 0) is 54.4 Å². The Labute approximate surface area is 363 Å². The zero-order valence-electron chi connectivity index (χ0n) is 35.6. The number of aromatic hydroxyl groups is 1. The van der Waals surface area contributed by atoms with Crippen molar-refractivity contribution in [2.75, 3.05) is 26.2 Å². The van der Waals surface area contributed by atoms with Gasteiger partial charge in [0.15, 0.2) is 0 Å². The van der Waals surface area contributed by atoms with E-state index in [2.05, 4.69) is 31.9 Å². The molecule has 8 amide bonds. The van der Waals surface area contributed by atoms with E-state index in [4.69, 9.17) is 5.73 Å². The number of hydrogen-bond acceptors (Lipinski definition) is 13. The average molecular weight is 890 g/mol. The maximum Gasteiger partial charge on any atom is 0.326 e. The largest absolute Gasteiger partial charge is 0.508 e. The van der Waals surface area contributed by atoms with Gasteiger partial charge >= 0.3 is 11.9 Å². The lowest BCUT2D eigenvalue weighted by atomic mass is 10.0. The fraction of sp³-hybridized carbons (Fsp3) is 0.600. The van der Waals surface area contributed by atoms with Crippen molar-refractivity contribution in [3.05, 3.63) is 29.8 Å². The summed E-state index contributed by atoms with van der Waals surface area (Å²) in [5, 5.41) is 53.7. The standard InChI is InChI=1S/C40H59N9O14/c1-20(2)15-25(46-37(59)29-8-6-13-48(29)38(60)26(17-32(54)55)44-30(52)18-42-34(56)21(3)41)35(57)47-33(22(4)50)39(61)49-14-5-7-28(49)36(58)43-19-31(53)45-27(40(62)63)16-23-9-11-24(51)12-10-23/h9-12,20-22,25-29,33,50-51H,5-8,13-19,41H2,1-4H3,(H,42,56)(H,43,58)(H,44,52)(H,45,53)(H,46,59)(H,47,57)(H,54,55)(H,62,63)/t21-,22+,25-,26-,27-,28-,29-,33-/m0/s1. The molecule has 0 unspecified atom stereocenters. The van der Waals surface area contributed by atoms with Gasteiger partial charge in [-0.3, -0.25) is 43.2 Å². The maximum absolute atomic E-state index is 13.9. The zero-order chi connectivity index (χ0) is 47.1. The van der Waals surface area contributed by atoms with Gasteiger partial charge < -0.3 is 67.9 Å². The smallest absolute Gasteiger partial charge is 0.326 e. The van der Waals surface area contributed by atoms with Crippen molar-refractivity contribution < 1.29 is 68.4 Å². The molecule has 2 aliphatic heterocycles. The normalized spacial score (nSPS) is 18.8. The average Bonchev–Trinajstić information content (AvgIpc) is 3.91. The summed E-state index contributed by atoms with van der Waals surface area (Å²) in [6, 6.07) is -3.37. The van der Waals surface area contributed by atoms with Crippen LogP contribution >= 0.6 is 0 Å². The molecule has 0 aromatic heterocycles. The van der Waals surface area contributed by atoms with Gasteiger partial charge in [-0.15, -0.1) is 0 Å². The van der Waals surface area contributed by atoms with E-state index in [1.54, 1.807) is 13.8 Å². The number of aliphatic hydroxyl groups excluding tert-OH is 1. The molecule has 63 heavy (non-hydrogen) atoms. The Morgan fingerprint density at radius 2 is 1.24 bits per heavy atom. The lowest BCUT2D eigenvalue weighted by Gasteiger charge is -2.32. The number of carbonyl (C=O) groups is 10. The first-order chi connectivity index (χ1) is 29.6. The molecule has 2 aliphatic rings. The molecular formula is C40H59N9O14. The van der Waals surface area contributed by atoms with Gasteiger partial charge in [0.2, 0.25) is 47.3 Å². The van der Waals surface area contributed by atoms with Crippen LogP contribution in [0.25, 0.3) is 0 Å². The lowest BCUT2D eigenvalue weighted by molar-refractivity contribution is -0.146. The second kappa shape index (κ2) is 23.7. The van der Waals surface area contributed by atoms with E-state index in [1.807, 2.05) is 0 Å². The van der Waals surface area contributed by atoms with Crippen LogP contribution < -0.4 is 37.6 Å². The van der Waals surface area contributed by atoms with Crippen LogP contribution in [0.2, 0.25) is 0 Å². The molecular weight excluding hydrogens is 830 g/mol. The van der Waals surface area contributed by atoms with Gasteiger partial charge in [-0.05, 0) is 69.6 Å². The lowest BCUT2D eigenvalue weighted by Crippen LogP contribution is -2.61. The quantitative estimate of drug-likeness (QED) is 0.0536. The number of amides is 8. The number of likely N-dealkylation sites (tertiary alicyclic amines) is 2. The summed E-state index contributed by atoms with van der Waals surface area (Å²) in [6.45, 7) is 4.99. The third-order valence-electron chi connectivity index (χ3n) is 10.3. The van der Waals surface area contributed by atoms with Crippen LogP contribution in [0.3, 0.4) is 0 Å². The highest BCUT2D eigenvalue weighted by atomic mass is 16.4. The number of carboxylic acids is 2. The fourth-order valence-electron chi connectivity index (χ4n) is 7.15. The number of nitrogens with two attached hydrogens (primary N) is 1. The van der Waals surface area contributed by atoms with Crippen molar-refractivity contribution in [2.45, 2.75) is 121 Å². The van der Waals surface area contributed by atoms with Crippen LogP contribution in [0.5, 0.6) is 5.75 Å². The van der Waals surface area contributed by atoms with E-state index < -0.39 is 127 Å². The minimum Gasteiger partial charge on any atom is -0.508 e. The van der Waals surface area contributed by atoms with Gasteiger partial charge in [0.05, 0.1) is 31.7 Å². The molecule has 23 heteroatoms. The predicted octanol–water partition coefficient (Wildman–Crippen LogP) is -3.58. The molecule has 1 aromatic rings. The Morgan fingerprint density at radius 1 is 0.698 bits per heavy atom. The SMILES string of the molecule is CC(C)C[C@H](NC(=O)[C@@H]1CCCN1C(=O)[C@H](CC(=O)O)NC(=O)CNC(=O)[C@H](C)N)C(=O)N[C@H](C(=O)N1CCC[C@H]1C(=O)NCC(=O)N[C@@H](Cc1ccc(O)cc1)C(=O)O)[C@@H](C)O. The Kier molecular flexibility index (Phi) is 19.2. The summed E-state index contributed by atoms with van der Waals surface area (Å²) in [4.78, 5) is 131. The molecule has 3 rings (SSSR count).